The minimum Gasteiger partial charge on any atom is -0.0533 e. The summed E-state index contributed by atoms with van der Waals surface area (Å²) in [4.78, 5) is 3.74. The molecule has 0 aromatic heterocycles. The van der Waals surface area contributed by atoms with Crippen molar-refractivity contribution in [1.29, 1.82) is 5.53 Å². The second-order valence-electron chi connectivity index (χ2n) is 4.50. The minimum absolute atomic E-state index is 0.689. The summed E-state index contributed by atoms with van der Waals surface area (Å²) < 4.78 is 0. The zero-order valence-electron chi connectivity index (χ0n) is 8.26. The number of hydrogen-bond acceptors (Lipinski definition) is 1. The van der Waals surface area contributed by atoms with Crippen LogP contribution in [0.15, 0.2) is 0 Å². The summed E-state index contributed by atoms with van der Waals surface area (Å²) in [5, 5.41) is 0. The van der Waals surface area contributed by atoms with Crippen molar-refractivity contribution in [2.75, 3.05) is 0 Å². The zero-order valence-corrected chi connectivity index (χ0v) is 8.26. The Morgan fingerprint density at radius 2 is 1.77 bits per heavy atom. The van der Waals surface area contributed by atoms with Gasteiger partial charge in [-0.05, 0) is 31.6 Å². The summed E-state index contributed by atoms with van der Waals surface area (Å²) in [5.41, 5.74) is 8.39. The van der Waals surface area contributed by atoms with E-state index in [1.165, 1.54) is 50.7 Å². The maximum absolute atomic E-state index is 7.18. The van der Waals surface area contributed by atoms with Crippen LogP contribution in [-0.4, -0.2) is 10.5 Å². The highest BCUT2D eigenvalue weighted by Crippen LogP contribution is 2.37. The molecule has 2 saturated carbocycles. The molecule has 1 N–H and O–H groups in total. The lowest BCUT2D eigenvalue weighted by Crippen LogP contribution is -2.28. The molecule has 0 saturated heterocycles. The van der Waals surface area contributed by atoms with Crippen molar-refractivity contribution >= 4 is 5.71 Å². The summed E-state index contributed by atoms with van der Waals surface area (Å²) >= 11 is 0. The van der Waals surface area contributed by atoms with Crippen LogP contribution in [0.2, 0.25) is 0 Å². The van der Waals surface area contributed by atoms with E-state index in [1.54, 1.807) is 0 Å². The molecule has 2 heteroatoms. The molecule has 0 radical (unpaired) electrons. The molecule has 0 bridgehead atoms. The topological polar surface area (TPSA) is 38.0 Å². The van der Waals surface area contributed by atoms with E-state index in [-0.39, 0.29) is 0 Å². The third-order valence-corrected chi connectivity index (χ3v) is 3.74. The van der Waals surface area contributed by atoms with Crippen molar-refractivity contribution in [3.05, 3.63) is 0 Å². The Kier molecular flexibility index (Phi) is 2.80. The van der Waals surface area contributed by atoms with Crippen LogP contribution in [0.5, 0.6) is 0 Å². The first-order valence-corrected chi connectivity index (χ1v) is 5.65. The molecule has 2 atom stereocenters. The standard InChI is InChI=1S/C11H19N2/c12-13-11-8-4-6-9-5-2-1-3-7-10(9)11/h9-10,12H,1-8H2/q+1. The van der Waals surface area contributed by atoms with E-state index in [0.29, 0.717) is 5.92 Å². The lowest BCUT2D eigenvalue weighted by atomic mass is 9.75. The molecule has 0 aromatic rings. The van der Waals surface area contributed by atoms with Gasteiger partial charge in [-0.2, -0.15) is 0 Å². The Morgan fingerprint density at radius 3 is 2.62 bits per heavy atom. The Balaban J connectivity index is 2.14. The number of nitrogens with one attached hydrogen (secondary N) is 1. The predicted molar refractivity (Wildman–Crippen MR) is 51.9 cm³/mol. The number of fused-ring (bicyclic) bond motifs is 1. The highest BCUT2D eigenvalue weighted by atomic mass is 14.9. The molecule has 2 nitrogen and oxygen atoms in total. The van der Waals surface area contributed by atoms with Crippen LogP contribution in [0, 0.1) is 17.4 Å². The van der Waals surface area contributed by atoms with Gasteiger partial charge in [-0.1, -0.05) is 19.3 Å². The zero-order chi connectivity index (χ0) is 9.10. The van der Waals surface area contributed by atoms with Crippen LogP contribution in [0.1, 0.15) is 51.4 Å². The molecular weight excluding hydrogens is 160 g/mol. The predicted octanol–water partition coefficient (Wildman–Crippen LogP) is 3.05. The SMILES string of the molecule is N=[N+]=C1CCCC2CCCCCC12. The fourth-order valence-electron chi connectivity index (χ4n) is 3.04. The first-order valence-electron chi connectivity index (χ1n) is 5.65. The van der Waals surface area contributed by atoms with Crippen LogP contribution in [-0.2, 0) is 0 Å². The van der Waals surface area contributed by atoms with E-state index in [4.69, 9.17) is 5.53 Å². The lowest BCUT2D eigenvalue weighted by Gasteiger charge is -2.24. The summed E-state index contributed by atoms with van der Waals surface area (Å²) in [5.74, 6) is 1.56. The van der Waals surface area contributed by atoms with Crippen LogP contribution in [0.3, 0.4) is 0 Å². The Morgan fingerprint density at radius 1 is 1.00 bits per heavy atom. The number of rotatable bonds is 0. The van der Waals surface area contributed by atoms with Crippen molar-refractivity contribution in [3.8, 4) is 0 Å². The number of nitrogens with zero attached hydrogens (tertiary/aromatic N) is 1. The van der Waals surface area contributed by atoms with E-state index >= 15 is 0 Å². The van der Waals surface area contributed by atoms with Gasteiger partial charge in [0.15, 0.2) is 0 Å². The first-order chi connectivity index (χ1) is 6.42. The maximum atomic E-state index is 7.18. The van der Waals surface area contributed by atoms with E-state index in [1.807, 2.05) is 0 Å². The molecule has 0 spiro atoms. The third kappa shape index (κ3) is 1.83. The van der Waals surface area contributed by atoms with E-state index in [9.17, 15) is 0 Å². The van der Waals surface area contributed by atoms with E-state index < -0.39 is 0 Å². The van der Waals surface area contributed by atoms with Crippen LogP contribution < -0.4 is 0 Å². The van der Waals surface area contributed by atoms with Gasteiger partial charge in [0.25, 0.3) is 0 Å². The molecule has 2 rings (SSSR count). The highest BCUT2D eigenvalue weighted by molar-refractivity contribution is 5.82. The van der Waals surface area contributed by atoms with Gasteiger partial charge in [-0.15, -0.1) is 0 Å². The summed E-state index contributed by atoms with van der Waals surface area (Å²) in [6, 6.07) is 0. The highest BCUT2D eigenvalue weighted by Gasteiger charge is 2.37. The Hall–Kier alpha value is -0.620. The fourth-order valence-corrected chi connectivity index (χ4v) is 3.04. The molecule has 2 aliphatic carbocycles. The van der Waals surface area contributed by atoms with Gasteiger partial charge in [-0.25, -0.2) is 0 Å². The van der Waals surface area contributed by atoms with Gasteiger partial charge in [0, 0.05) is 11.2 Å². The van der Waals surface area contributed by atoms with Crippen LogP contribution in [0.25, 0.3) is 0 Å². The van der Waals surface area contributed by atoms with E-state index in [0.717, 1.165) is 12.3 Å². The molecule has 2 aliphatic rings. The fraction of sp³-hybridized carbons (Fsp3) is 0.909. The first kappa shape index (κ1) is 8.96. The second kappa shape index (κ2) is 4.06. The smallest absolute Gasteiger partial charge is 0.0533 e. The minimum atomic E-state index is 0.689. The van der Waals surface area contributed by atoms with Crippen molar-refractivity contribution in [3.63, 3.8) is 0 Å². The quantitative estimate of drug-likeness (QED) is 0.438. The van der Waals surface area contributed by atoms with Crippen LogP contribution in [0.4, 0.5) is 0 Å². The average molecular weight is 179 g/mol. The number of hydrogen-bond donors (Lipinski definition) is 1. The Bertz CT molecular complexity index is 228. The molecule has 0 aromatic carbocycles. The third-order valence-electron chi connectivity index (χ3n) is 3.74. The molecule has 72 valence electrons. The van der Waals surface area contributed by atoms with Gasteiger partial charge in [0.1, 0.15) is 0 Å². The molecule has 13 heavy (non-hydrogen) atoms. The summed E-state index contributed by atoms with van der Waals surface area (Å²) in [6.45, 7) is 0. The van der Waals surface area contributed by atoms with Crippen molar-refractivity contribution < 1.29 is 4.79 Å². The van der Waals surface area contributed by atoms with Gasteiger partial charge in [0.2, 0.25) is 0 Å². The van der Waals surface area contributed by atoms with Gasteiger partial charge in [-0.3, -0.25) is 0 Å². The molecule has 0 heterocycles. The molecule has 0 aliphatic heterocycles. The summed E-state index contributed by atoms with van der Waals surface area (Å²) in [6.07, 6.45) is 10.6. The molecule has 2 unspecified atom stereocenters. The lowest BCUT2D eigenvalue weighted by molar-refractivity contribution is -0.131. The second-order valence-corrected chi connectivity index (χ2v) is 4.50. The van der Waals surface area contributed by atoms with Crippen molar-refractivity contribution in [2.45, 2.75) is 51.4 Å². The van der Waals surface area contributed by atoms with E-state index in [2.05, 4.69) is 4.79 Å². The molecule has 0 amide bonds. The monoisotopic (exact) mass is 179 g/mol. The largest absolute Gasteiger partial charge is 0.321 e. The maximum Gasteiger partial charge on any atom is 0.321 e. The van der Waals surface area contributed by atoms with Crippen molar-refractivity contribution in [2.24, 2.45) is 11.8 Å². The van der Waals surface area contributed by atoms with Gasteiger partial charge >= 0.3 is 5.71 Å². The van der Waals surface area contributed by atoms with Gasteiger partial charge in [0.05, 0.1) is 11.4 Å². The normalized spacial score (nSPS) is 34.6. The molecular formula is C11H19N2+. The molecule has 2 fully saturated rings. The Labute approximate surface area is 80.0 Å². The van der Waals surface area contributed by atoms with Crippen LogP contribution >= 0.6 is 0 Å². The van der Waals surface area contributed by atoms with Gasteiger partial charge < -0.3 is 0 Å². The van der Waals surface area contributed by atoms with Crippen molar-refractivity contribution in [1.82, 2.24) is 0 Å². The summed E-state index contributed by atoms with van der Waals surface area (Å²) in [7, 11) is 0. The average Bonchev–Trinajstić information content (AvgIpc) is 2.41.